The van der Waals surface area contributed by atoms with Crippen molar-refractivity contribution in [1.29, 1.82) is 0 Å². The molecule has 2 amide bonds. The summed E-state index contributed by atoms with van der Waals surface area (Å²) in [5, 5.41) is 6.33. The minimum absolute atomic E-state index is 0.119. The lowest BCUT2D eigenvalue weighted by Gasteiger charge is -2.32. The third-order valence-corrected chi connectivity index (χ3v) is 7.62. The van der Waals surface area contributed by atoms with E-state index >= 15 is 0 Å². The lowest BCUT2D eigenvalue weighted by molar-refractivity contribution is -0.132. The Balaban J connectivity index is 1.31. The molecule has 3 aliphatic rings. The summed E-state index contributed by atoms with van der Waals surface area (Å²) in [5.41, 5.74) is 4.91. The van der Waals surface area contributed by atoms with Crippen LogP contribution in [0.15, 0.2) is 60.7 Å². The molecule has 3 aromatic carbocycles. The summed E-state index contributed by atoms with van der Waals surface area (Å²) in [5.74, 6) is 0.579. The van der Waals surface area contributed by atoms with Crippen molar-refractivity contribution >= 4 is 40.4 Å². The van der Waals surface area contributed by atoms with E-state index in [1.165, 1.54) is 0 Å². The molecule has 216 valence electrons. The number of hydrogen-bond donors (Lipinski definition) is 2. The van der Waals surface area contributed by atoms with Crippen LogP contribution in [0, 0.1) is 0 Å². The lowest BCUT2D eigenvalue weighted by atomic mass is 9.98. The molecule has 0 aromatic heterocycles. The highest BCUT2D eigenvalue weighted by Gasteiger charge is 2.30. The monoisotopic (exact) mass is 568 g/mol. The molecule has 0 radical (unpaired) electrons. The zero-order valence-electron chi connectivity index (χ0n) is 23.6. The maximum atomic E-state index is 13.4. The van der Waals surface area contributed by atoms with Crippen LogP contribution in [-0.2, 0) is 20.7 Å². The van der Waals surface area contributed by atoms with Gasteiger partial charge in [0.15, 0.2) is 11.5 Å². The molecule has 0 unspecified atom stereocenters. The highest BCUT2D eigenvalue weighted by molar-refractivity contribution is 6.37. The molecule has 1 fully saturated rings. The van der Waals surface area contributed by atoms with Crippen molar-refractivity contribution in [3.63, 3.8) is 0 Å². The number of amides is 2. The fraction of sp³-hybridized carbons (Fsp3) is 0.281. The Bertz CT molecular complexity index is 1570. The largest absolute Gasteiger partial charge is 0.462 e. The second-order valence-corrected chi connectivity index (χ2v) is 10.4. The van der Waals surface area contributed by atoms with E-state index in [0.717, 1.165) is 43.0 Å². The number of hydrogen-bond acceptors (Lipinski definition) is 8. The molecule has 10 nitrogen and oxygen atoms in total. The standard InChI is InChI=1S/C32H32N4O6/c1-3-40-32(39)22-6-10-24-25(17-22)34-31(38)29(24)30(21-7-11-26-27(18-21)42-19-41-26)33-23-8-4-20(5-9-23)16-28(37)36-14-12-35(2)13-15-36/h4-11,17-18,33H,3,12-16,19H2,1-2H3,(H,34,38)/b30-29-. The van der Waals surface area contributed by atoms with E-state index < -0.39 is 5.97 Å². The fourth-order valence-corrected chi connectivity index (χ4v) is 5.29. The summed E-state index contributed by atoms with van der Waals surface area (Å²) in [6, 6.07) is 18.2. The first-order valence-corrected chi connectivity index (χ1v) is 14.0. The normalized spacial score (nSPS) is 17.0. The zero-order valence-corrected chi connectivity index (χ0v) is 23.6. The fourth-order valence-electron chi connectivity index (χ4n) is 5.29. The highest BCUT2D eigenvalue weighted by atomic mass is 16.7. The van der Waals surface area contributed by atoms with Crippen LogP contribution in [-0.4, -0.2) is 74.2 Å². The molecule has 0 bridgehead atoms. The highest BCUT2D eigenvalue weighted by Crippen LogP contribution is 2.41. The molecule has 0 aliphatic carbocycles. The first-order chi connectivity index (χ1) is 20.4. The molecule has 3 heterocycles. The quantitative estimate of drug-likeness (QED) is 0.327. The maximum Gasteiger partial charge on any atom is 0.338 e. The van der Waals surface area contributed by atoms with Crippen LogP contribution in [0.2, 0.25) is 0 Å². The van der Waals surface area contributed by atoms with Crippen LogP contribution >= 0.6 is 0 Å². The van der Waals surface area contributed by atoms with Gasteiger partial charge in [-0.2, -0.15) is 0 Å². The van der Waals surface area contributed by atoms with Crippen LogP contribution in [0.4, 0.5) is 11.4 Å². The Hall–Kier alpha value is -4.83. The number of nitrogens with zero attached hydrogens (tertiary/aromatic N) is 2. The van der Waals surface area contributed by atoms with Gasteiger partial charge in [0, 0.05) is 43.0 Å². The van der Waals surface area contributed by atoms with Gasteiger partial charge >= 0.3 is 5.97 Å². The summed E-state index contributed by atoms with van der Waals surface area (Å²) >= 11 is 0. The van der Waals surface area contributed by atoms with Gasteiger partial charge < -0.3 is 34.6 Å². The van der Waals surface area contributed by atoms with E-state index in [0.29, 0.717) is 46.0 Å². The summed E-state index contributed by atoms with van der Waals surface area (Å²) in [6.45, 7) is 5.38. The SMILES string of the molecule is CCOC(=O)c1ccc2c(c1)NC(=O)/C2=C(\Nc1ccc(CC(=O)N2CCN(C)CC2)cc1)c1ccc2c(c1)OCO2. The number of carbonyl (C=O) groups is 3. The number of rotatable bonds is 7. The number of piperazine rings is 1. The van der Waals surface area contributed by atoms with Crippen LogP contribution in [0.5, 0.6) is 11.5 Å². The Morgan fingerprint density at radius 1 is 0.929 bits per heavy atom. The third kappa shape index (κ3) is 5.53. The molecule has 6 rings (SSSR count). The van der Waals surface area contributed by atoms with Crippen molar-refractivity contribution in [3.8, 4) is 11.5 Å². The van der Waals surface area contributed by atoms with Crippen molar-refractivity contribution in [2.45, 2.75) is 13.3 Å². The Morgan fingerprint density at radius 2 is 1.67 bits per heavy atom. The number of ether oxygens (including phenoxy) is 3. The van der Waals surface area contributed by atoms with Gasteiger partial charge in [0.25, 0.3) is 5.91 Å². The van der Waals surface area contributed by atoms with Crippen molar-refractivity contribution in [1.82, 2.24) is 9.80 Å². The molecular weight excluding hydrogens is 536 g/mol. The second kappa shape index (κ2) is 11.6. The van der Waals surface area contributed by atoms with Crippen LogP contribution in [0.25, 0.3) is 11.3 Å². The maximum absolute atomic E-state index is 13.4. The van der Waals surface area contributed by atoms with Gasteiger partial charge in [-0.3, -0.25) is 9.59 Å². The van der Waals surface area contributed by atoms with Gasteiger partial charge in [-0.1, -0.05) is 18.2 Å². The minimum Gasteiger partial charge on any atom is -0.462 e. The Kier molecular flexibility index (Phi) is 7.54. The molecule has 42 heavy (non-hydrogen) atoms. The number of carbonyl (C=O) groups excluding carboxylic acids is 3. The van der Waals surface area contributed by atoms with Crippen LogP contribution < -0.4 is 20.1 Å². The second-order valence-electron chi connectivity index (χ2n) is 10.4. The molecule has 3 aromatic rings. The predicted octanol–water partition coefficient (Wildman–Crippen LogP) is 3.84. The molecule has 3 aliphatic heterocycles. The molecule has 0 spiro atoms. The number of nitrogens with one attached hydrogen (secondary N) is 2. The van der Waals surface area contributed by atoms with E-state index in [-0.39, 0.29) is 25.2 Å². The van der Waals surface area contributed by atoms with E-state index in [1.54, 1.807) is 25.1 Å². The van der Waals surface area contributed by atoms with E-state index in [1.807, 2.05) is 47.4 Å². The average molecular weight is 569 g/mol. The topological polar surface area (TPSA) is 109 Å². The smallest absolute Gasteiger partial charge is 0.338 e. The van der Waals surface area contributed by atoms with Crippen molar-refractivity contribution in [3.05, 3.63) is 82.9 Å². The van der Waals surface area contributed by atoms with E-state index in [9.17, 15) is 14.4 Å². The first kappa shape index (κ1) is 27.3. The molecule has 0 atom stereocenters. The van der Waals surface area contributed by atoms with Crippen molar-refractivity contribution < 1.29 is 28.6 Å². The number of anilines is 2. The number of fused-ring (bicyclic) bond motifs is 2. The molecule has 2 N–H and O–H groups in total. The Morgan fingerprint density at radius 3 is 2.43 bits per heavy atom. The number of likely N-dealkylation sites (N-methyl/N-ethyl adjacent to an activating group) is 1. The van der Waals surface area contributed by atoms with E-state index in [4.69, 9.17) is 14.2 Å². The zero-order chi connectivity index (χ0) is 29.2. The molecule has 10 heteroatoms. The number of esters is 1. The van der Waals surface area contributed by atoms with Crippen molar-refractivity contribution in [2.75, 3.05) is 57.3 Å². The summed E-state index contributed by atoms with van der Waals surface area (Å²) in [6.07, 6.45) is 0.332. The van der Waals surface area contributed by atoms with Gasteiger partial charge in [0.2, 0.25) is 12.7 Å². The number of benzene rings is 3. The van der Waals surface area contributed by atoms with E-state index in [2.05, 4.69) is 22.6 Å². The first-order valence-electron chi connectivity index (χ1n) is 14.0. The van der Waals surface area contributed by atoms with Gasteiger partial charge in [-0.15, -0.1) is 0 Å². The van der Waals surface area contributed by atoms with Gasteiger partial charge in [-0.05, 0) is 62.0 Å². The molecule has 1 saturated heterocycles. The third-order valence-electron chi connectivity index (χ3n) is 7.62. The van der Waals surface area contributed by atoms with Crippen LogP contribution in [0.3, 0.4) is 0 Å². The van der Waals surface area contributed by atoms with Crippen molar-refractivity contribution in [2.24, 2.45) is 0 Å². The summed E-state index contributed by atoms with van der Waals surface area (Å²) < 4.78 is 16.2. The lowest BCUT2D eigenvalue weighted by Crippen LogP contribution is -2.47. The Labute approximate surface area is 243 Å². The van der Waals surface area contributed by atoms with Crippen LogP contribution in [0.1, 0.15) is 34.0 Å². The van der Waals surface area contributed by atoms with Gasteiger partial charge in [0.1, 0.15) is 0 Å². The summed E-state index contributed by atoms with van der Waals surface area (Å²) in [4.78, 5) is 42.7. The minimum atomic E-state index is -0.452. The average Bonchev–Trinajstić information content (AvgIpc) is 3.60. The molecular formula is C32H32N4O6. The van der Waals surface area contributed by atoms with Gasteiger partial charge in [-0.25, -0.2) is 4.79 Å². The predicted molar refractivity (Wildman–Crippen MR) is 158 cm³/mol. The van der Waals surface area contributed by atoms with Gasteiger partial charge in [0.05, 0.1) is 35.5 Å². The summed E-state index contributed by atoms with van der Waals surface area (Å²) in [7, 11) is 2.06. The molecule has 0 saturated carbocycles.